The molecule has 38 heavy (non-hydrogen) atoms. The van der Waals surface area contributed by atoms with E-state index < -0.39 is 65.4 Å². The van der Waals surface area contributed by atoms with Crippen molar-refractivity contribution >= 4 is 29.6 Å². The van der Waals surface area contributed by atoms with Crippen molar-refractivity contribution in [3.05, 3.63) is 0 Å². The van der Waals surface area contributed by atoms with Gasteiger partial charge in [-0.1, -0.05) is 40.5 Å². The van der Waals surface area contributed by atoms with Gasteiger partial charge in [0.15, 0.2) is 0 Å². The van der Waals surface area contributed by atoms with Gasteiger partial charge >= 0.3 is 12.3 Å². The van der Waals surface area contributed by atoms with E-state index in [1.54, 1.807) is 13.8 Å². The van der Waals surface area contributed by atoms with Crippen LogP contribution in [0.2, 0.25) is 0 Å². The second-order valence-corrected chi connectivity index (χ2v) is 12.1. The Morgan fingerprint density at radius 3 is 2.13 bits per heavy atom. The van der Waals surface area contributed by atoms with Gasteiger partial charge in [0.2, 0.25) is 23.2 Å². The number of alkyl halides is 3. The molecule has 10 nitrogen and oxygen atoms in total. The number of amides is 4. The number of nitrogens with one attached hydrogen (secondary N) is 2. The number of Topliss-reactive ketones (excluding diaryl/α,β-unsaturated/α-hetero) is 1. The largest absolute Gasteiger partial charge is 0.434 e. The first-order valence-corrected chi connectivity index (χ1v) is 12.8. The number of carbonyl (C=O) groups excluding carboxylic acids is 5. The summed E-state index contributed by atoms with van der Waals surface area (Å²) in [6.45, 7) is 8.70. The maximum absolute atomic E-state index is 13.6. The van der Waals surface area contributed by atoms with Crippen LogP contribution in [0.3, 0.4) is 0 Å². The SMILES string of the molecule is CC(C)[C@H](NC(=O)OC(C)(C)C(F)(F)F)C(=O)N1CC2C([C@H]1C(=O)NC(CC1CC1)C(=O)C(N)=O)C2(C)C. The molecule has 4 N–H and O–H groups in total. The molecule has 3 fully saturated rings. The van der Waals surface area contributed by atoms with Gasteiger partial charge in [0.25, 0.3) is 5.91 Å². The van der Waals surface area contributed by atoms with Crippen molar-refractivity contribution in [2.45, 2.75) is 90.7 Å². The van der Waals surface area contributed by atoms with E-state index in [-0.39, 0.29) is 36.1 Å². The lowest BCUT2D eigenvalue weighted by Crippen LogP contribution is -2.59. The molecule has 0 spiro atoms. The zero-order valence-electron chi connectivity index (χ0n) is 22.5. The number of carbonyl (C=O) groups is 5. The Hall–Kier alpha value is -2.86. The third-order valence-corrected chi connectivity index (χ3v) is 8.14. The zero-order valence-corrected chi connectivity index (χ0v) is 22.5. The van der Waals surface area contributed by atoms with Crippen molar-refractivity contribution in [3.63, 3.8) is 0 Å². The van der Waals surface area contributed by atoms with Crippen LogP contribution < -0.4 is 16.4 Å². The number of fused-ring (bicyclic) bond motifs is 1. The smallest absolute Gasteiger partial charge is 0.427 e. The van der Waals surface area contributed by atoms with E-state index >= 15 is 0 Å². The number of likely N-dealkylation sites (tertiary alicyclic amines) is 1. The van der Waals surface area contributed by atoms with Gasteiger partial charge < -0.3 is 26.0 Å². The van der Waals surface area contributed by atoms with Crippen LogP contribution in [0.15, 0.2) is 0 Å². The predicted octanol–water partition coefficient (Wildman–Crippen LogP) is 1.90. The van der Waals surface area contributed by atoms with Gasteiger partial charge in [0.05, 0.1) is 6.04 Å². The summed E-state index contributed by atoms with van der Waals surface area (Å²) >= 11 is 0. The fraction of sp³-hybridized carbons (Fsp3) is 0.800. The van der Waals surface area contributed by atoms with E-state index in [1.807, 2.05) is 13.8 Å². The van der Waals surface area contributed by atoms with Crippen molar-refractivity contribution in [2.75, 3.05) is 6.54 Å². The second kappa shape index (κ2) is 10.0. The number of nitrogens with zero attached hydrogens (tertiary/aromatic N) is 1. The topological polar surface area (TPSA) is 148 Å². The number of alkyl carbamates (subject to hydrolysis) is 1. The number of halogens is 3. The van der Waals surface area contributed by atoms with E-state index in [0.29, 0.717) is 13.8 Å². The number of hydrogen-bond donors (Lipinski definition) is 3. The second-order valence-electron chi connectivity index (χ2n) is 12.1. The summed E-state index contributed by atoms with van der Waals surface area (Å²) in [5.74, 6) is -3.95. The first-order valence-electron chi connectivity index (χ1n) is 12.8. The van der Waals surface area contributed by atoms with E-state index in [1.165, 1.54) is 4.90 Å². The minimum atomic E-state index is -4.83. The molecule has 3 aliphatic rings. The lowest BCUT2D eigenvalue weighted by Gasteiger charge is -2.35. The van der Waals surface area contributed by atoms with Crippen LogP contribution >= 0.6 is 0 Å². The van der Waals surface area contributed by atoms with Gasteiger partial charge in [0, 0.05) is 6.54 Å². The standard InChI is InChI=1S/C25H37F3N4O6/c1-11(2)16(31-22(37)38-24(5,6)25(26,27)28)21(36)32-10-13-15(23(13,3)4)17(32)20(35)30-14(9-12-7-8-12)18(33)19(29)34/h11-17H,7-10H2,1-6H3,(H2,29,34)(H,30,35)(H,31,37)/t13?,14?,15?,16-,17-/m0/s1. The first kappa shape index (κ1) is 29.7. The summed E-state index contributed by atoms with van der Waals surface area (Å²) in [6.07, 6.45) is -4.24. The number of primary amides is 1. The Bertz CT molecular complexity index is 1010. The number of piperidine rings is 1. The molecular formula is C25H37F3N4O6. The molecule has 1 aliphatic heterocycles. The Morgan fingerprint density at radius 1 is 1.08 bits per heavy atom. The lowest BCUT2D eigenvalue weighted by atomic mass is 9.96. The molecule has 0 aromatic heterocycles. The van der Waals surface area contributed by atoms with Crippen molar-refractivity contribution < 1.29 is 41.9 Å². The molecule has 0 aromatic carbocycles. The molecule has 3 rings (SSSR count). The quantitative estimate of drug-likeness (QED) is 0.357. The van der Waals surface area contributed by atoms with E-state index in [2.05, 4.69) is 15.4 Å². The van der Waals surface area contributed by atoms with Gasteiger partial charge in [-0.25, -0.2) is 4.79 Å². The van der Waals surface area contributed by atoms with Gasteiger partial charge in [0.1, 0.15) is 12.1 Å². The summed E-state index contributed by atoms with van der Waals surface area (Å²) in [4.78, 5) is 64.7. The number of rotatable bonds is 10. The van der Waals surface area contributed by atoms with E-state index in [9.17, 15) is 37.1 Å². The maximum Gasteiger partial charge on any atom is 0.427 e. The summed E-state index contributed by atoms with van der Waals surface area (Å²) < 4.78 is 44.1. The highest BCUT2D eigenvalue weighted by Crippen LogP contribution is 2.65. The predicted molar refractivity (Wildman–Crippen MR) is 128 cm³/mol. The molecule has 214 valence electrons. The highest BCUT2D eigenvalue weighted by molar-refractivity contribution is 6.37. The summed E-state index contributed by atoms with van der Waals surface area (Å²) in [6, 6.07) is -3.36. The molecule has 3 unspecified atom stereocenters. The number of ether oxygens (including phenoxy) is 1. The molecule has 4 amide bonds. The van der Waals surface area contributed by atoms with Gasteiger partial charge in [-0.15, -0.1) is 0 Å². The highest BCUT2D eigenvalue weighted by atomic mass is 19.4. The molecule has 5 atom stereocenters. The molecule has 13 heteroatoms. The minimum absolute atomic E-state index is 0.0279. The fourth-order valence-electron chi connectivity index (χ4n) is 5.30. The Morgan fingerprint density at radius 2 is 1.66 bits per heavy atom. The average molecular weight is 547 g/mol. The molecule has 0 aromatic rings. The van der Waals surface area contributed by atoms with Gasteiger partial charge in [-0.3, -0.25) is 19.2 Å². The third kappa shape index (κ3) is 5.90. The van der Waals surface area contributed by atoms with Crippen molar-refractivity contribution in [1.82, 2.24) is 15.5 Å². The number of hydrogen-bond acceptors (Lipinski definition) is 6. The molecule has 0 radical (unpaired) electrons. The molecule has 0 bridgehead atoms. The third-order valence-electron chi connectivity index (χ3n) is 8.14. The van der Waals surface area contributed by atoms with Crippen molar-refractivity contribution in [3.8, 4) is 0 Å². The summed E-state index contributed by atoms with van der Waals surface area (Å²) in [5, 5.41) is 4.87. The maximum atomic E-state index is 13.6. The van der Waals surface area contributed by atoms with Crippen LogP contribution in [0, 0.1) is 29.1 Å². The van der Waals surface area contributed by atoms with Crippen LogP contribution in [-0.2, 0) is 23.9 Å². The number of ketones is 1. The van der Waals surface area contributed by atoms with Crippen LogP contribution in [0.4, 0.5) is 18.0 Å². The Labute approximate surface area is 219 Å². The molecule has 1 saturated heterocycles. The van der Waals surface area contributed by atoms with E-state index in [0.717, 1.165) is 12.8 Å². The Balaban J connectivity index is 1.79. The number of nitrogens with two attached hydrogens (primary N) is 1. The van der Waals surface area contributed by atoms with E-state index in [4.69, 9.17) is 5.73 Å². The minimum Gasteiger partial charge on any atom is -0.434 e. The van der Waals surface area contributed by atoms with Gasteiger partial charge in [-0.05, 0) is 49.4 Å². The molecule has 2 saturated carbocycles. The zero-order chi connectivity index (χ0) is 29.0. The Kier molecular flexibility index (Phi) is 7.84. The monoisotopic (exact) mass is 546 g/mol. The molecule has 1 heterocycles. The normalized spacial score (nSPS) is 25.7. The molecular weight excluding hydrogens is 509 g/mol. The first-order chi connectivity index (χ1) is 17.3. The lowest BCUT2D eigenvalue weighted by molar-refractivity contribution is -0.244. The fourth-order valence-corrected chi connectivity index (χ4v) is 5.30. The summed E-state index contributed by atoms with van der Waals surface area (Å²) in [5.41, 5.74) is 2.13. The summed E-state index contributed by atoms with van der Waals surface area (Å²) in [7, 11) is 0. The molecule has 2 aliphatic carbocycles. The van der Waals surface area contributed by atoms with Crippen LogP contribution in [0.5, 0.6) is 0 Å². The van der Waals surface area contributed by atoms with Crippen LogP contribution in [0.25, 0.3) is 0 Å². The highest BCUT2D eigenvalue weighted by Gasteiger charge is 2.69. The van der Waals surface area contributed by atoms with Crippen LogP contribution in [-0.4, -0.2) is 70.9 Å². The van der Waals surface area contributed by atoms with Crippen molar-refractivity contribution in [1.29, 1.82) is 0 Å². The van der Waals surface area contributed by atoms with Crippen molar-refractivity contribution in [2.24, 2.45) is 34.8 Å². The van der Waals surface area contributed by atoms with Crippen LogP contribution in [0.1, 0.15) is 60.8 Å². The van der Waals surface area contributed by atoms with Gasteiger partial charge in [-0.2, -0.15) is 13.2 Å². The average Bonchev–Trinajstić information content (AvgIpc) is 3.62.